The Morgan fingerprint density at radius 3 is 1.47 bits per heavy atom. The van der Waals surface area contributed by atoms with Gasteiger partial charge in [0.1, 0.15) is 48.3 Å². The molecule has 0 spiro atoms. The van der Waals surface area contributed by atoms with E-state index in [0.717, 1.165) is 0 Å². The maximum Gasteiger partial charge on any atom is 0.326 e. The molecule has 0 aliphatic rings. The van der Waals surface area contributed by atoms with E-state index in [0.29, 0.717) is 22.2 Å². The molecule has 10 atom stereocenters. The maximum atomic E-state index is 14.4. The lowest BCUT2D eigenvalue weighted by Gasteiger charge is -2.28. The Balaban J connectivity index is 2.53. The molecule has 1 aromatic heterocycles. The summed E-state index contributed by atoms with van der Waals surface area (Å²) in [7, 11) is 0. The largest absolute Gasteiger partial charge is 0.480 e. The third-order valence-electron chi connectivity index (χ3n) is 11.5. The lowest BCUT2D eigenvalue weighted by atomic mass is 10.0. The molecule has 27 nitrogen and oxygen atoms in total. The number of carboxylic acid groups (broad SMARTS) is 1. The van der Waals surface area contributed by atoms with Crippen LogP contribution in [0.4, 0.5) is 0 Å². The first-order chi connectivity index (χ1) is 36.2. The van der Waals surface area contributed by atoms with Crippen LogP contribution in [0.2, 0.25) is 0 Å². The Hall–Kier alpha value is -6.63. The number of aromatic nitrogens is 1. The molecule has 1 aromatic carbocycles. The molecule has 428 valence electrons. The fourth-order valence-corrected chi connectivity index (χ4v) is 8.56. The van der Waals surface area contributed by atoms with Crippen LogP contribution in [0, 0.1) is 5.92 Å². The highest BCUT2D eigenvalue weighted by Gasteiger charge is 2.37. The van der Waals surface area contributed by atoms with Gasteiger partial charge in [-0.1, -0.05) is 32.0 Å². The van der Waals surface area contributed by atoms with Gasteiger partial charge < -0.3 is 80.7 Å². The van der Waals surface area contributed by atoms with Gasteiger partial charge in [-0.2, -0.15) is 36.2 Å². The van der Waals surface area contributed by atoms with Gasteiger partial charge >= 0.3 is 5.97 Å². The van der Waals surface area contributed by atoms with E-state index in [9.17, 15) is 67.7 Å². The maximum absolute atomic E-state index is 14.4. The molecule has 30 heteroatoms. The van der Waals surface area contributed by atoms with Crippen molar-refractivity contribution in [3.63, 3.8) is 0 Å². The fraction of sp³-hybridized carbons (Fsp3) is 0.574. The molecule has 0 aliphatic carbocycles. The zero-order valence-corrected chi connectivity index (χ0v) is 45.9. The number of nitrogens with one attached hydrogen (secondary N) is 9. The van der Waals surface area contributed by atoms with E-state index in [1.165, 1.54) is 30.4 Å². The molecule has 0 bridgehead atoms. The number of carbonyl (C=O) groups excluding carboxylic acids is 11. The number of primary amides is 3. The minimum Gasteiger partial charge on any atom is -0.480 e. The van der Waals surface area contributed by atoms with Crippen LogP contribution < -0.4 is 65.5 Å². The van der Waals surface area contributed by atoms with Crippen LogP contribution in [-0.4, -0.2) is 176 Å². The number of aliphatic hydroxyl groups is 1. The van der Waals surface area contributed by atoms with E-state index < -0.39 is 157 Å². The predicted molar refractivity (Wildman–Crippen MR) is 290 cm³/mol. The summed E-state index contributed by atoms with van der Waals surface area (Å²) in [5.41, 5.74) is 23.2. The molecule has 11 amide bonds. The van der Waals surface area contributed by atoms with Gasteiger partial charge in [0, 0.05) is 35.7 Å². The van der Waals surface area contributed by atoms with Gasteiger partial charge in [-0.25, -0.2) is 4.79 Å². The van der Waals surface area contributed by atoms with Crippen molar-refractivity contribution in [3.8, 4) is 0 Å². The summed E-state index contributed by atoms with van der Waals surface area (Å²) in [6.45, 7) is 4.61. The Kier molecular flexibility index (Phi) is 28.9. The molecule has 1 heterocycles. The van der Waals surface area contributed by atoms with E-state index in [4.69, 9.17) is 22.9 Å². The van der Waals surface area contributed by atoms with Crippen molar-refractivity contribution >= 4 is 118 Å². The number of H-pyrrole nitrogens is 1. The number of aliphatic carboxylic acids is 1. The minimum absolute atomic E-state index is 0.00196. The third kappa shape index (κ3) is 23.2. The van der Waals surface area contributed by atoms with Crippen molar-refractivity contribution in [2.75, 3.05) is 29.8 Å². The Labute approximate surface area is 458 Å². The number of rotatable bonds is 36. The first-order valence-electron chi connectivity index (χ1n) is 24.3. The second-order valence-electron chi connectivity index (χ2n) is 18.4. The van der Waals surface area contributed by atoms with E-state index in [2.05, 4.69) is 60.1 Å². The molecule has 0 saturated heterocycles. The van der Waals surface area contributed by atoms with E-state index in [1.807, 2.05) is 0 Å². The monoisotopic (exact) mass is 1140 g/mol. The summed E-state index contributed by atoms with van der Waals surface area (Å²) in [6.07, 6.45) is 0.375. The molecule has 10 unspecified atom stereocenters. The van der Waals surface area contributed by atoms with Gasteiger partial charge in [-0.15, -0.1) is 0 Å². The molecular formula is C47H73N13O14S3. The third-order valence-corrected chi connectivity index (χ3v) is 13.2. The van der Waals surface area contributed by atoms with Gasteiger partial charge in [0.25, 0.3) is 0 Å². The summed E-state index contributed by atoms with van der Waals surface area (Å²) in [6, 6.07) is -6.97. The Morgan fingerprint density at radius 1 is 0.584 bits per heavy atom. The number of benzene rings is 1. The molecule has 0 fully saturated rings. The Bertz CT molecular complexity index is 2410. The number of aliphatic hydroxyl groups excluding tert-OH is 1. The van der Waals surface area contributed by atoms with Crippen LogP contribution >= 0.6 is 36.2 Å². The lowest BCUT2D eigenvalue weighted by molar-refractivity contribution is -0.143. The molecule has 0 radical (unpaired) electrons. The predicted octanol–water partition coefficient (Wildman–Crippen LogP) is -4.12. The lowest BCUT2D eigenvalue weighted by Crippen LogP contribution is -2.62. The van der Waals surface area contributed by atoms with Crippen LogP contribution in [0.5, 0.6) is 0 Å². The Morgan fingerprint density at radius 2 is 1.01 bits per heavy atom. The number of fused-ring (bicyclic) bond motifs is 1. The normalized spacial score (nSPS) is 15.1. The van der Waals surface area contributed by atoms with Crippen molar-refractivity contribution in [1.82, 2.24) is 47.5 Å². The second kappa shape index (κ2) is 33.5. The second-order valence-corrected chi connectivity index (χ2v) is 20.7. The molecule has 77 heavy (non-hydrogen) atoms. The van der Waals surface area contributed by atoms with Gasteiger partial charge in [-0.05, 0) is 74.2 Å². The topological polar surface area (TPSA) is 461 Å². The fourth-order valence-electron chi connectivity index (χ4n) is 7.45. The molecule has 19 N–H and O–H groups in total. The highest BCUT2D eigenvalue weighted by Crippen LogP contribution is 2.20. The van der Waals surface area contributed by atoms with E-state index >= 15 is 0 Å². The molecule has 0 saturated carbocycles. The highest BCUT2D eigenvalue weighted by molar-refractivity contribution is 7.98. The summed E-state index contributed by atoms with van der Waals surface area (Å²) < 4.78 is 0. The summed E-state index contributed by atoms with van der Waals surface area (Å²) >= 11 is 6.64. The highest BCUT2D eigenvalue weighted by atomic mass is 32.2. The summed E-state index contributed by atoms with van der Waals surface area (Å²) in [4.78, 5) is 162. The number of carbonyl (C=O) groups is 12. The number of para-hydroxylation sites is 1. The minimum atomic E-state index is -1.89. The quantitative estimate of drug-likeness (QED) is 0.0288. The zero-order chi connectivity index (χ0) is 58.1. The van der Waals surface area contributed by atoms with Crippen molar-refractivity contribution in [3.05, 3.63) is 36.0 Å². The van der Waals surface area contributed by atoms with Crippen molar-refractivity contribution in [2.24, 2.45) is 28.9 Å². The van der Waals surface area contributed by atoms with Gasteiger partial charge in [0.15, 0.2) is 0 Å². The number of hydrogen-bond acceptors (Lipinski definition) is 17. The summed E-state index contributed by atoms with van der Waals surface area (Å²) in [5.74, 6) is -12.3. The van der Waals surface area contributed by atoms with Crippen LogP contribution in [-0.2, 0) is 64.0 Å². The number of thiol groups is 1. The van der Waals surface area contributed by atoms with Gasteiger partial charge in [-0.3, -0.25) is 52.7 Å². The number of nitrogens with two attached hydrogens (primary N) is 4. The first-order valence-corrected chi connectivity index (χ1v) is 27.7. The zero-order valence-electron chi connectivity index (χ0n) is 43.4. The molecular weight excluding hydrogens is 1070 g/mol. The number of carboxylic acids is 1. The smallest absolute Gasteiger partial charge is 0.326 e. The first kappa shape index (κ1) is 66.5. The van der Waals surface area contributed by atoms with Crippen LogP contribution in [0.3, 0.4) is 0 Å². The number of aromatic amines is 1. The van der Waals surface area contributed by atoms with Gasteiger partial charge in [0.05, 0.1) is 25.0 Å². The van der Waals surface area contributed by atoms with Crippen LogP contribution in [0.15, 0.2) is 30.5 Å². The van der Waals surface area contributed by atoms with Crippen LogP contribution in [0.1, 0.15) is 71.3 Å². The average Bonchev–Trinajstić information content (AvgIpc) is 3.76. The van der Waals surface area contributed by atoms with E-state index in [1.54, 1.807) is 56.8 Å². The summed E-state index contributed by atoms with van der Waals surface area (Å²) in [5, 5.41) is 40.4. The number of amides is 11. The number of thioether (sulfide) groups is 2. The SMILES string of the molecule is CSCCC(NC(=O)C(N)CS)C(=O)NC(C(=O)NC(Cc1c[nH]c2ccccc12)C(=O)NC(CC(N)=O)C(=O)NC(CCC(N)=O)C(=O)NC(CCSC)C(=O)NC(CC(N)=O)C(=O)NC(CC(C)C)C(=O)O)C(C)O. The average molecular weight is 1140 g/mol. The van der Waals surface area contributed by atoms with Crippen LogP contribution in [0.25, 0.3) is 10.9 Å². The van der Waals surface area contributed by atoms with E-state index in [-0.39, 0.29) is 43.1 Å². The molecule has 2 aromatic rings. The number of hydrogen-bond donors (Lipinski definition) is 16. The molecule has 2 rings (SSSR count). The standard InChI is InChI=1S/C47H73N13O14S3/c1-22(2)16-34(47(73)74)59-45(71)33(19-37(51)64)56-41(67)29(12-14-76-4)55-40(66)28(10-11-35(49)62)54-44(70)32(18-36(50)63)57-43(69)31(17-24-20-52-27-9-7-6-8-25(24)27)58-46(72)38(23(3)61)60-42(68)30(13-15-77-5)53-39(65)26(48)21-75/h6-9,20,22-23,26,28-34,38,52,61,75H,10-19,21,48H2,1-5H3,(H2,49,62)(H2,50,63)(H2,51,64)(H,53,65)(H,54,70)(H,55,66)(H,56,67)(H,57,69)(H,58,72)(H,59,71)(H,60,68)(H,73,74). The van der Waals surface area contributed by atoms with Crippen molar-refractivity contribution < 1.29 is 67.7 Å². The molecule has 0 aliphatic heterocycles. The van der Waals surface area contributed by atoms with Crippen molar-refractivity contribution in [1.29, 1.82) is 0 Å². The van der Waals surface area contributed by atoms with Crippen molar-refractivity contribution in [2.45, 2.75) is 133 Å². The van der Waals surface area contributed by atoms with Gasteiger partial charge in [0.2, 0.25) is 65.0 Å².